The molecule has 0 saturated heterocycles. The lowest BCUT2D eigenvalue weighted by Gasteiger charge is -2.06. The average Bonchev–Trinajstić information content (AvgIpc) is 3.47. The Morgan fingerprint density at radius 1 is 0.781 bits per heavy atom. The molecular formula is C23H18N4O3S2. The highest BCUT2D eigenvalue weighted by Gasteiger charge is 2.12. The molecule has 2 aromatic heterocycles. The van der Waals surface area contributed by atoms with Crippen molar-refractivity contribution < 1.29 is 14.4 Å². The van der Waals surface area contributed by atoms with E-state index in [0.717, 1.165) is 11.3 Å². The summed E-state index contributed by atoms with van der Waals surface area (Å²) in [5, 5.41) is 12.5. The minimum absolute atomic E-state index is 0.130. The maximum atomic E-state index is 12.6. The van der Waals surface area contributed by atoms with Crippen LogP contribution < -0.4 is 16.0 Å². The van der Waals surface area contributed by atoms with Gasteiger partial charge in [0.15, 0.2) is 5.13 Å². The average molecular weight is 463 g/mol. The molecule has 2 heterocycles. The van der Waals surface area contributed by atoms with Crippen LogP contribution in [0.25, 0.3) is 11.3 Å². The number of rotatable bonds is 6. The molecule has 0 aliphatic rings. The molecule has 160 valence electrons. The number of hydrogen-bond acceptors (Lipinski definition) is 6. The maximum absolute atomic E-state index is 12.6. The Hall–Kier alpha value is -3.82. The number of benzene rings is 2. The van der Waals surface area contributed by atoms with E-state index >= 15 is 0 Å². The van der Waals surface area contributed by atoms with Crippen molar-refractivity contribution in [2.75, 3.05) is 16.0 Å². The third kappa shape index (κ3) is 5.26. The predicted molar refractivity (Wildman–Crippen MR) is 129 cm³/mol. The molecule has 2 aromatic carbocycles. The Bertz CT molecular complexity index is 1250. The molecule has 0 atom stereocenters. The van der Waals surface area contributed by atoms with Gasteiger partial charge in [0, 0.05) is 34.8 Å². The van der Waals surface area contributed by atoms with Crippen molar-refractivity contribution in [2.24, 2.45) is 0 Å². The summed E-state index contributed by atoms with van der Waals surface area (Å²) in [6.07, 6.45) is 0. The van der Waals surface area contributed by atoms with Crippen LogP contribution in [0.5, 0.6) is 0 Å². The maximum Gasteiger partial charge on any atom is 0.265 e. The van der Waals surface area contributed by atoms with Gasteiger partial charge < -0.3 is 10.6 Å². The van der Waals surface area contributed by atoms with Crippen molar-refractivity contribution in [3.05, 3.63) is 81.9 Å². The first-order valence-corrected chi connectivity index (χ1v) is 11.3. The molecule has 3 amide bonds. The van der Waals surface area contributed by atoms with Gasteiger partial charge in [-0.05, 0) is 47.8 Å². The van der Waals surface area contributed by atoms with Gasteiger partial charge in [0.1, 0.15) is 0 Å². The Morgan fingerprint density at radius 3 is 2.12 bits per heavy atom. The summed E-state index contributed by atoms with van der Waals surface area (Å²) in [6.45, 7) is 1.46. The zero-order valence-corrected chi connectivity index (χ0v) is 18.5. The monoisotopic (exact) mass is 462 g/mol. The van der Waals surface area contributed by atoms with Crippen LogP contribution >= 0.6 is 22.7 Å². The Kier molecular flexibility index (Phi) is 6.39. The van der Waals surface area contributed by atoms with Gasteiger partial charge in [-0.3, -0.25) is 19.7 Å². The topological polar surface area (TPSA) is 100 Å². The number of hydrogen-bond donors (Lipinski definition) is 3. The van der Waals surface area contributed by atoms with Crippen LogP contribution in [0.2, 0.25) is 0 Å². The lowest BCUT2D eigenvalue weighted by molar-refractivity contribution is -0.114. The number of thiazole rings is 1. The fraction of sp³-hybridized carbons (Fsp3) is 0.0435. The molecule has 0 aliphatic heterocycles. The predicted octanol–water partition coefficient (Wildman–Crippen LogP) is 5.33. The number of anilines is 3. The molecule has 0 radical (unpaired) electrons. The lowest BCUT2D eigenvalue weighted by atomic mass is 10.1. The molecule has 0 saturated carbocycles. The first kappa shape index (κ1) is 21.4. The van der Waals surface area contributed by atoms with Crippen LogP contribution in [0, 0.1) is 0 Å². The third-order valence-corrected chi connectivity index (χ3v) is 6.00. The van der Waals surface area contributed by atoms with E-state index in [9.17, 15) is 14.4 Å². The van der Waals surface area contributed by atoms with Gasteiger partial charge in [-0.15, -0.1) is 22.7 Å². The van der Waals surface area contributed by atoms with Gasteiger partial charge >= 0.3 is 0 Å². The Labute approximate surface area is 192 Å². The Balaban J connectivity index is 1.37. The van der Waals surface area contributed by atoms with E-state index in [-0.39, 0.29) is 17.7 Å². The molecule has 7 nitrogen and oxygen atoms in total. The summed E-state index contributed by atoms with van der Waals surface area (Å²) in [5.74, 6) is -0.602. The molecule has 0 spiro atoms. The SMILES string of the molecule is CC(=O)Nc1ccc(-c2csc(NC(=O)c3ccc(NC(=O)c4cccs4)cc3)n2)cc1. The van der Waals surface area contributed by atoms with Gasteiger partial charge in [0.05, 0.1) is 10.6 Å². The van der Waals surface area contributed by atoms with Crippen LogP contribution in [0.4, 0.5) is 16.5 Å². The number of carbonyl (C=O) groups is 3. The minimum atomic E-state index is -0.289. The van der Waals surface area contributed by atoms with Crippen LogP contribution in [0.15, 0.2) is 71.4 Å². The lowest BCUT2D eigenvalue weighted by Crippen LogP contribution is -2.13. The quantitative estimate of drug-likeness (QED) is 0.360. The van der Waals surface area contributed by atoms with Crippen LogP contribution in [-0.4, -0.2) is 22.7 Å². The fourth-order valence-corrected chi connectivity index (χ4v) is 4.20. The van der Waals surface area contributed by atoms with E-state index in [0.29, 0.717) is 26.9 Å². The molecule has 4 rings (SSSR count). The van der Waals surface area contributed by atoms with E-state index in [2.05, 4.69) is 20.9 Å². The molecule has 4 aromatic rings. The summed E-state index contributed by atoms with van der Waals surface area (Å²) in [7, 11) is 0. The molecule has 3 N–H and O–H groups in total. The van der Waals surface area contributed by atoms with Crippen molar-refractivity contribution in [1.29, 1.82) is 0 Å². The molecule has 0 fully saturated rings. The number of nitrogens with zero attached hydrogens (tertiary/aromatic N) is 1. The van der Waals surface area contributed by atoms with Gasteiger partial charge in [-0.1, -0.05) is 18.2 Å². The van der Waals surface area contributed by atoms with E-state index in [4.69, 9.17) is 0 Å². The summed E-state index contributed by atoms with van der Waals surface area (Å²) >= 11 is 2.69. The molecule has 32 heavy (non-hydrogen) atoms. The third-order valence-electron chi connectivity index (χ3n) is 4.38. The molecule has 9 heteroatoms. The zero-order chi connectivity index (χ0) is 22.5. The van der Waals surface area contributed by atoms with Crippen molar-refractivity contribution >= 4 is 56.9 Å². The second-order valence-corrected chi connectivity index (χ2v) is 8.57. The van der Waals surface area contributed by atoms with Crippen LogP contribution in [0.3, 0.4) is 0 Å². The van der Waals surface area contributed by atoms with E-state index < -0.39 is 0 Å². The molecular weight excluding hydrogens is 444 g/mol. The second-order valence-electron chi connectivity index (χ2n) is 6.76. The van der Waals surface area contributed by atoms with Crippen LogP contribution in [-0.2, 0) is 4.79 Å². The minimum Gasteiger partial charge on any atom is -0.326 e. The molecule has 0 bridgehead atoms. The highest BCUT2D eigenvalue weighted by molar-refractivity contribution is 7.14. The second kappa shape index (κ2) is 9.54. The van der Waals surface area contributed by atoms with E-state index in [1.165, 1.54) is 29.6 Å². The number of amides is 3. The van der Waals surface area contributed by atoms with Crippen molar-refractivity contribution in [1.82, 2.24) is 4.98 Å². The summed E-state index contributed by atoms with van der Waals surface area (Å²) in [5.41, 5.74) is 3.38. The number of nitrogens with one attached hydrogen (secondary N) is 3. The zero-order valence-electron chi connectivity index (χ0n) is 16.9. The summed E-state index contributed by atoms with van der Waals surface area (Å²) in [6, 6.07) is 17.5. The first-order chi connectivity index (χ1) is 15.5. The largest absolute Gasteiger partial charge is 0.326 e. The highest BCUT2D eigenvalue weighted by Crippen LogP contribution is 2.26. The highest BCUT2D eigenvalue weighted by atomic mass is 32.1. The van der Waals surface area contributed by atoms with Gasteiger partial charge in [0.2, 0.25) is 5.91 Å². The summed E-state index contributed by atoms with van der Waals surface area (Å²) < 4.78 is 0. The molecule has 0 unspecified atom stereocenters. The van der Waals surface area contributed by atoms with Crippen molar-refractivity contribution in [3.8, 4) is 11.3 Å². The van der Waals surface area contributed by atoms with Gasteiger partial charge in [0.25, 0.3) is 11.8 Å². The van der Waals surface area contributed by atoms with Gasteiger partial charge in [-0.25, -0.2) is 4.98 Å². The number of aromatic nitrogens is 1. The van der Waals surface area contributed by atoms with E-state index in [1.54, 1.807) is 42.5 Å². The molecule has 0 aliphatic carbocycles. The van der Waals surface area contributed by atoms with Crippen molar-refractivity contribution in [2.45, 2.75) is 6.92 Å². The first-order valence-electron chi connectivity index (χ1n) is 9.58. The normalized spacial score (nSPS) is 10.4. The fourth-order valence-electron chi connectivity index (χ4n) is 2.87. The number of carbonyl (C=O) groups excluding carboxylic acids is 3. The van der Waals surface area contributed by atoms with Gasteiger partial charge in [-0.2, -0.15) is 0 Å². The smallest absolute Gasteiger partial charge is 0.265 e. The summed E-state index contributed by atoms with van der Waals surface area (Å²) in [4.78, 5) is 40.9. The van der Waals surface area contributed by atoms with Crippen LogP contribution in [0.1, 0.15) is 27.0 Å². The Morgan fingerprint density at radius 2 is 1.47 bits per heavy atom. The standard InChI is InChI=1S/C23H18N4O3S2/c1-14(28)24-17-8-4-15(5-9-17)19-13-32-23(26-19)27-21(29)16-6-10-18(11-7-16)25-22(30)20-3-2-12-31-20/h2-13H,1H3,(H,24,28)(H,25,30)(H,26,27,29). The van der Waals surface area contributed by atoms with E-state index in [1.807, 2.05) is 29.0 Å². The van der Waals surface area contributed by atoms with Crippen molar-refractivity contribution in [3.63, 3.8) is 0 Å². The number of thiophene rings is 1.